The summed E-state index contributed by atoms with van der Waals surface area (Å²) in [5, 5.41) is 3.56. The molecule has 3 saturated heterocycles. The molecule has 2 atom stereocenters. The van der Waals surface area contributed by atoms with Crippen LogP contribution in [-0.2, 0) is 4.74 Å². The summed E-state index contributed by atoms with van der Waals surface area (Å²) in [7, 11) is 1.79. The van der Waals surface area contributed by atoms with Gasteiger partial charge in [-0.15, -0.1) is 24.8 Å². The summed E-state index contributed by atoms with van der Waals surface area (Å²) in [4.78, 5) is 2.66. The SMILES string of the molecule is COCCCN1C[C@@H]2CC[C@H]1CNC2.Cl.Cl. The van der Waals surface area contributed by atoms with E-state index in [-0.39, 0.29) is 24.8 Å². The number of rotatable bonds is 4. The molecular formula is C11H24Cl2N2O. The fourth-order valence-corrected chi connectivity index (χ4v) is 2.72. The monoisotopic (exact) mass is 270 g/mol. The van der Waals surface area contributed by atoms with E-state index in [1.54, 1.807) is 7.11 Å². The Kier molecular flexibility index (Phi) is 8.78. The van der Waals surface area contributed by atoms with Crippen molar-refractivity contribution in [1.82, 2.24) is 10.2 Å². The fraction of sp³-hybridized carbons (Fsp3) is 1.00. The predicted molar refractivity (Wildman–Crippen MR) is 71.9 cm³/mol. The van der Waals surface area contributed by atoms with E-state index in [0.29, 0.717) is 0 Å². The molecule has 1 N–H and O–H groups in total. The van der Waals surface area contributed by atoms with E-state index in [4.69, 9.17) is 4.74 Å². The fourth-order valence-electron chi connectivity index (χ4n) is 2.72. The third-order valence-corrected chi connectivity index (χ3v) is 3.52. The first kappa shape index (κ1) is 16.5. The lowest BCUT2D eigenvalue weighted by atomic mass is 9.95. The molecule has 3 heterocycles. The quantitative estimate of drug-likeness (QED) is 0.785. The third-order valence-electron chi connectivity index (χ3n) is 3.52. The molecule has 0 aromatic rings. The molecule has 5 heteroatoms. The van der Waals surface area contributed by atoms with Crippen LogP contribution in [0.3, 0.4) is 0 Å². The van der Waals surface area contributed by atoms with Gasteiger partial charge in [-0.25, -0.2) is 0 Å². The second kappa shape index (κ2) is 8.54. The van der Waals surface area contributed by atoms with E-state index in [9.17, 15) is 0 Å². The van der Waals surface area contributed by atoms with Gasteiger partial charge in [0.25, 0.3) is 0 Å². The van der Waals surface area contributed by atoms with E-state index in [1.807, 2.05) is 0 Å². The Morgan fingerprint density at radius 3 is 2.81 bits per heavy atom. The van der Waals surface area contributed by atoms with Crippen molar-refractivity contribution >= 4 is 24.8 Å². The van der Waals surface area contributed by atoms with E-state index in [0.717, 1.165) is 18.6 Å². The van der Waals surface area contributed by atoms with Crippen LogP contribution in [0.5, 0.6) is 0 Å². The van der Waals surface area contributed by atoms with Crippen molar-refractivity contribution < 1.29 is 4.74 Å². The van der Waals surface area contributed by atoms with Gasteiger partial charge in [0.2, 0.25) is 0 Å². The van der Waals surface area contributed by atoms with Gasteiger partial charge in [0, 0.05) is 39.4 Å². The minimum Gasteiger partial charge on any atom is -0.385 e. The van der Waals surface area contributed by atoms with Crippen molar-refractivity contribution in [3.63, 3.8) is 0 Å². The number of halogens is 2. The Labute approximate surface area is 111 Å². The van der Waals surface area contributed by atoms with Gasteiger partial charge in [0.15, 0.2) is 0 Å². The Bertz CT molecular complexity index is 179. The average molecular weight is 271 g/mol. The molecule has 3 nitrogen and oxygen atoms in total. The smallest absolute Gasteiger partial charge is 0.0474 e. The van der Waals surface area contributed by atoms with Crippen LogP contribution in [0.4, 0.5) is 0 Å². The molecule has 3 aliphatic rings. The van der Waals surface area contributed by atoms with Gasteiger partial charge in [0.05, 0.1) is 0 Å². The second-order valence-electron chi connectivity index (χ2n) is 4.60. The van der Waals surface area contributed by atoms with E-state index in [2.05, 4.69) is 10.2 Å². The maximum absolute atomic E-state index is 5.10. The molecule has 3 aliphatic heterocycles. The highest BCUT2D eigenvalue weighted by atomic mass is 35.5. The van der Waals surface area contributed by atoms with Gasteiger partial charge in [-0.3, -0.25) is 4.90 Å². The average Bonchev–Trinajstić information content (AvgIpc) is 2.53. The second-order valence-corrected chi connectivity index (χ2v) is 4.60. The number of hydrogen-bond donors (Lipinski definition) is 1. The van der Waals surface area contributed by atoms with Gasteiger partial charge in [-0.05, 0) is 31.7 Å². The van der Waals surface area contributed by atoms with Crippen molar-refractivity contribution in [2.75, 3.05) is 39.9 Å². The van der Waals surface area contributed by atoms with E-state index >= 15 is 0 Å². The molecule has 0 saturated carbocycles. The minimum absolute atomic E-state index is 0. The highest BCUT2D eigenvalue weighted by Crippen LogP contribution is 2.24. The van der Waals surface area contributed by atoms with Crippen LogP contribution in [0.2, 0.25) is 0 Å². The van der Waals surface area contributed by atoms with Crippen molar-refractivity contribution in [3.05, 3.63) is 0 Å². The molecule has 0 aromatic heterocycles. The topological polar surface area (TPSA) is 24.5 Å². The number of nitrogens with one attached hydrogen (secondary N) is 1. The first-order valence-corrected chi connectivity index (χ1v) is 5.84. The number of nitrogens with zero attached hydrogens (tertiary/aromatic N) is 1. The largest absolute Gasteiger partial charge is 0.385 e. The molecule has 0 amide bonds. The van der Waals surface area contributed by atoms with Crippen molar-refractivity contribution in [2.45, 2.75) is 25.3 Å². The third kappa shape index (κ3) is 4.38. The van der Waals surface area contributed by atoms with Crippen molar-refractivity contribution in [1.29, 1.82) is 0 Å². The molecule has 0 aromatic carbocycles. The Hall–Kier alpha value is 0.460. The van der Waals surface area contributed by atoms with Crippen LogP contribution in [0.15, 0.2) is 0 Å². The molecule has 3 rings (SSSR count). The molecule has 16 heavy (non-hydrogen) atoms. The van der Waals surface area contributed by atoms with E-state index in [1.165, 1.54) is 45.4 Å². The van der Waals surface area contributed by atoms with Crippen LogP contribution in [-0.4, -0.2) is 50.8 Å². The lowest BCUT2D eigenvalue weighted by Crippen LogP contribution is -2.44. The maximum atomic E-state index is 5.10. The number of ether oxygens (including phenoxy) is 1. The molecule has 0 spiro atoms. The van der Waals surface area contributed by atoms with Gasteiger partial charge in [-0.1, -0.05) is 0 Å². The van der Waals surface area contributed by atoms with E-state index < -0.39 is 0 Å². The van der Waals surface area contributed by atoms with Crippen LogP contribution in [0.25, 0.3) is 0 Å². The molecule has 0 unspecified atom stereocenters. The Morgan fingerprint density at radius 1 is 1.25 bits per heavy atom. The standard InChI is InChI=1S/C11H22N2O.2ClH/c1-14-6-2-5-13-9-10-3-4-11(13)8-12-7-10;;/h10-12H,2-9H2,1H3;2*1H/t10-,11+;;/m1../s1. The molecule has 0 aliphatic carbocycles. The summed E-state index contributed by atoms with van der Waals surface area (Å²) in [6, 6.07) is 0.797. The molecule has 98 valence electrons. The zero-order chi connectivity index (χ0) is 9.80. The van der Waals surface area contributed by atoms with Crippen LogP contribution >= 0.6 is 24.8 Å². The van der Waals surface area contributed by atoms with Gasteiger partial charge >= 0.3 is 0 Å². The summed E-state index contributed by atoms with van der Waals surface area (Å²) in [5.41, 5.74) is 0. The van der Waals surface area contributed by atoms with Gasteiger partial charge in [0.1, 0.15) is 0 Å². The summed E-state index contributed by atoms with van der Waals surface area (Å²) in [6.45, 7) is 5.86. The van der Waals surface area contributed by atoms with Crippen LogP contribution < -0.4 is 5.32 Å². The van der Waals surface area contributed by atoms with Crippen LogP contribution in [0.1, 0.15) is 19.3 Å². The predicted octanol–water partition coefficient (Wildman–Crippen LogP) is 1.55. The van der Waals surface area contributed by atoms with Crippen LogP contribution in [0, 0.1) is 5.92 Å². The summed E-state index contributed by atoms with van der Waals surface area (Å²) in [6.07, 6.45) is 4.00. The van der Waals surface area contributed by atoms with Gasteiger partial charge < -0.3 is 10.1 Å². The normalized spacial score (nSPS) is 29.1. The zero-order valence-corrected chi connectivity index (χ0v) is 11.6. The molecule has 2 bridgehead atoms. The zero-order valence-electron chi connectivity index (χ0n) is 9.98. The Morgan fingerprint density at radius 2 is 2.06 bits per heavy atom. The summed E-state index contributed by atoms with van der Waals surface area (Å²) < 4.78 is 5.10. The maximum Gasteiger partial charge on any atom is 0.0474 e. The minimum atomic E-state index is 0. The summed E-state index contributed by atoms with van der Waals surface area (Å²) >= 11 is 0. The molecule has 3 fully saturated rings. The first-order chi connectivity index (χ1) is 6.90. The Balaban J connectivity index is 0.00000112. The lowest BCUT2D eigenvalue weighted by molar-refractivity contribution is 0.113. The number of hydrogen-bond acceptors (Lipinski definition) is 3. The van der Waals surface area contributed by atoms with Gasteiger partial charge in [-0.2, -0.15) is 0 Å². The lowest BCUT2D eigenvalue weighted by Gasteiger charge is -2.36. The highest BCUT2D eigenvalue weighted by Gasteiger charge is 2.30. The number of piperidine rings is 1. The van der Waals surface area contributed by atoms with Crippen molar-refractivity contribution in [3.8, 4) is 0 Å². The number of fused-ring (bicyclic) bond motifs is 4. The first-order valence-electron chi connectivity index (χ1n) is 5.84. The molecular weight excluding hydrogens is 247 g/mol. The number of methoxy groups -OCH3 is 1. The summed E-state index contributed by atoms with van der Waals surface area (Å²) in [5.74, 6) is 0.899. The van der Waals surface area contributed by atoms with Crippen molar-refractivity contribution in [2.24, 2.45) is 5.92 Å². The highest BCUT2D eigenvalue weighted by molar-refractivity contribution is 5.85. The molecule has 0 radical (unpaired) electrons.